The highest BCUT2D eigenvalue weighted by atomic mass is 32.1. The Balaban J connectivity index is 2.18. The number of aromatic nitrogens is 3. The van der Waals surface area contributed by atoms with E-state index in [0.29, 0.717) is 16.9 Å². The van der Waals surface area contributed by atoms with Gasteiger partial charge < -0.3 is 14.1 Å². The lowest BCUT2D eigenvalue weighted by atomic mass is 10.2. The molecule has 0 atom stereocenters. The summed E-state index contributed by atoms with van der Waals surface area (Å²) >= 11 is 5.27. The second-order valence-corrected chi connectivity index (χ2v) is 4.23. The number of nitrogens with zero attached hydrogens (tertiary/aromatic N) is 3. The van der Waals surface area contributed by atoms with Gasteiger partial charge in [-0.05, 0) is 30.4 Å². The van der Waals surface area contributed by atoms with Crippen molar-refractivity contribution in [3.8, 4) is 6.07 Å². The zero-order valence-electron chi connectivity index (χ0n) is 9.25. The van der Waals surface area contributed by atoms with E-state index in [2.05, 4.69) is 16.2 Å². The molecule has 0 unspecified atom stereocenters. The standard InChI is InChI=1S/C12H8N4OS/c13-6-8-1-2-10-11(5-8)16(12(18)15-10)7-9-3-4-14-17-9/h1-5H,7H2,(H,15,18). The number of nitriles is 1. The summed E-state index contributed by atoms with van der Waals surface area (Å²) in [6.07, 6.45) is 1.59. The topological polar surface area (TPSA) is 70.5 Å². The molecule has 0 radical (unpaired) electrons. The third-order valence-electron chi connectivity index (χ3n) is 2.71. The molecule has 6 heteroatoms. The largest absolute Gasteiger partial charge is 0.359 e. The SMILES string of the molecule is N#Cc1ccc2[nH]c(=S)n(Cc3ccno3)c2c1. The molecule has 3 aromatic rings. The smallest absolute Gasteiger partial charge is 0.178 e. The Bertz CT molecular complexity index is 792. The molecule has 88 valence electrons. The van der Waals surface area contributed by atoms with Crippen molar-refractivity contribution in [3.05, 3.63) is 46.6 Å². The van der Waals surface area contributed by atoms with E-state index in [1.165, 1.54) is 0 Å². The summed E-state index contributed by atoms with van der Waals surface area (Å²) in [5, 5.41) is 12.6. The number of rotatable bonds is 2. The zero-order chi connectivity index (χ0) is 12.5. The molecule has 0 spiro atoms. The number of imidazole rings is 1. The van der Waals surface area contributed by atoms with Crippen LogP contribution in [0, 0.1) is 16.1 Å². The van der Waals surface area contributed by atoms with Gasteiger partial charge in [0.2, 0.25) is 0 Å². The van der Waals surface area contributed by atoms with Gasteiger partial charge in [0, 0.05) is 6.07 Å². The van der Waals surface area contributed by atoms with Crippen molar-refractivity contribution in [2.45, 2.75) is 6.54 Å². The normalized spacial score (nSPS) is 10.6. The van der Waals surface area contributed by atoms with Gasteiger partial charge in [-0.2, -0.15) is 5.26 Å². The van der Waals surface area contributed by atoms with Gasteiger partial charge in [0.25, 0.3) is 0 Å². The van der Waals surface area contributed by atoms with E-state index >= 15 is 0 Å². The number of H-pyrrole nitrogens is 1. The predicted octanol–water partition coefficient (Wildman–Crippen LogP) is 2.61. The molecule has 0 fully saturated rings. The molecule has 0 aliphatic rings. The number of aromatic amines is 1. The third-order valence-corrected chi connectivity index (χ3v) is 3.03. The first kappa shape index (κ1) is 10.7. The Morgan fingerprint density at radius 1 is 1.44 bits per heavy atom. The van der Waals surface area contributed by atoms with Crippen LogP contribution in [0.2, 0.25) is 0 Å². The van der Waals surface area contributed by atoms with E-state index in [9.17, 15) is 0 Å². The van der Waals surface area contributed by atoms with Crippen LogP contribution in [0.5, 0.6) is 0 Å². The number of benzene rings is 1. The Hall–Kier alpha value is -2.39. The molecule has 18 heavy (non-hydrogen) atoms. The van der Waals surface area contributed by atoms with Gasteiger partial charge in [-0.1, -0.05) is 5.16 Å². The first-order valence-electron chi connectivity index (χ1n) is 5.30. The molecule has 2 aromatic heterocycles. The van der Waals surface area contributed by atoms with E-state index in [1.807, 2.05) is 10.6 Å². The molecule has 3 rings (SSSR count). The monoisotopic (exact) mass is 256 g/mol. The van der Waals surface area contributed by atoms with Gasteiger partial charge in [0.05, 0.1) is 35.4 Å². The highest BCUT2D eigenvalue weighted by Crippen LogP contribution is 2.17. The lowest BCUT2D eigenvalue weighted by molar-refractivity contribution is 0.377. The van der Waals surface area contributed by atoms with Crippen LogP contribution in [0.15, 0.2) is 35.0 Å². The first-order chi connectivity index (χ1) is 8.78. The predicted molar refractivity (Wildman–Crippen MR) is 67.4 cm³/mol. The molecular formula is C12H8N4OS. The molecule has 1 N–H and O–H groups in total. The fourth-order valence-corrected chi connectivity index (χ4v) is 2.13. The minimum Gasteiger partial charge on any atom is -0.359 e. The summed E-state index contributed by atoms with van der Waals surface area (Å²) in [7, 11) is 0. The van der Waals surface area contributed by atoms with E-state index in [0.717, 1.165) is 16.8 Å². The summed E-state index contributed by atoms with van der Waals surface area (Å²) in [6, 6.07) is 9.31. The highest BCUT2D eigenvalue weighted by Gasteiger charge is 2.07. The van der Waals surface area contributed by atoms with Crippen molar-refractivity contribution in [2.24, 2.45) is 0 Å². The maximum absolute atomic E-state index is 8.93. The molecule has 0 saturated carbocycles. The van der Waals surface area contributed by atoms with Crippen LogP contribution in [-0.4, -0.2) is 14.7 Å². The Morgan fingerprint density at radius 3 is 3.06 bits per heavy atom. The molecule has 0 aliphatic heterocycles. The molecule has 0 bridgehead atoms. The van der Waals surface area contributed by atoms with E-state index < -0.39 is 0 Å². The average Bonchev–Trinajstić information content (AvgIpc) is 2.99. The molecule has 0 aliphatic carbocycles. The lowest BCUT2D eigenvalue weighted by Crippen LogP contribution is -1.98. The average molecular weight is 256 g/mol. The van der Waals surface area contributed by atoms with Gasteiger partial charge in [0.1, 0.15) is 0 Å². The van der Waals surface area contributed by atoms with Crippen molar-refractivity contribution in [1.82, 2.24) is 14.7 Å². The second-order valence-electron chi connectivity index (χ2n) is 3.84. The molecule has 2 heterocycles. The van der Waals surface area contributed by atoms with Crippen LogP contribution in [0.1, 0.15) is 11.3 Å². The van der Waals surface area contributed by atoms with Crippen LogP contribution < -0.4 is 0 Å². The van der Waals surface area contributed by atoms with Gasteiger partial charge in [-0.15, -0.1) is 0 Å². The molecule has 5 nitrogen and oxygen atoms in total. The van der Waals surface area contributed by atoms with E-state index in [-0.39, 0.29) is 0 Å². The summed E-state index contributed by atoms with van der Waals surface area (Å²) in [6.45, 7) is 0.494. The van der Waals surface area contributed by atoms with Crippen LogP contribution >= 0.6 is 12.2 Å². The fraction of sp³-hybridized carbons (Fsp3) is 0.0833. The van der Waals surface area contributed by atoms with Crippen molar-refractivity contribution in [2.75, 3.05) is 0 Å². The molecule has 0 amide bonds. The van der Waals surface area contributed by atoms with Crippen LogP contribution in [0.25, 0.3) is 11.0 Å². The minimum atomic E-state index is 0.494. The van der Waals surface area contributed by atoms with Gasteiger partial charge in [-0.3, -0.25) is 0 Å². The van der Waals surface area contributed by atoms with Crippen LogP contribution in [-0.2, 0) is 6.54 Å². The maximum Gasteiger partial charge on any atom is 0.178 e. The zero-order valence-corrected chi connectivity index (χ0v) is 10.1. The fourth-order valence-electron chi connectivity index (χ4n) is 1.86. The Kier molecular flexibility index (Phi) is 2.46. The molecular weight excluding hydrogens is 248 g/mol. The lowest BCUT2D eigenvalue weighted by Gasteiger charge is -2.01. The summed E-state index contributed by atoms with van der Waals surface area (Å²) in [5.41, 5.74) is 2.39. The van der Waals surface area contributed by atoms with Crippen molar-refractivity contribution in [1.29, 1.82) is 5.26 Å². The number of hydrogen-bond acceptors (Lipinski definition) is 4. The molecule has 0 saturated heterocycles. The van der Waals surface area contributed by atoms with Gasteiger partial charge in [-0.25, -0.2) is 0 Å². The summed E-state index contributed by atoms with van der Waals surface area (Å²) < 4.78 is 7.55. The quantitative estimate of drug-likeness (QED) is 0.715. The van der Waals surface area contributed by atoms with Crippen molar-refractivity contribution >= 4 is 23.3 Å². The number of nitrogens with one attached hydrogen (secondary N) is 1. The number of hydrogen-bond donors (Lipinski definition) is 1. The van der Waals surface area contributed by atoms with Gasteiger partial charge >= 0.3 is 0 Å². The minimum absolute atomic E-state index is 0.494. The number of fused-ring (bicyclic) bond motifs is 1. The van der Waals surface area contributed by atoms with E-state index in [1.54, 1.807) is 24.4 Å². The van der Waals surface area contributed by atoms with Crippen LogP contribution in [0.3, 0.4) is 0 Å². The Labute approximate surface area is 107 Å². The molecule has 1 aromatic carbocycles. The first-order valence-corrected chi connectivity index (χ1v) is 5.71. The van der Waals surface area contributed by atoms with Crippen molar-refractivity contribution < 1.29 is 4.52 Å². The second kappa shape index (κ2) is 4.13. The highest BCUT2D eigenvalue weighted by molar-refractivity contribution is 7.71. The Morgan fingerprint density at radius 2 is 2.33 bits per heavy atom. The van der Waals surface area contributed by atoms with Crippen LogP contribution in [0.4, 0.5) is 0 Å². The third kappa shape index (κ3) is 1.71. The van der Waals surface area contributed by atoms with Gasteiger partial charge in [0.15, 0.2) is 10.5 Å². The van der Waals surface area contributed by atoms with E-state index in [4.69, 9.17) is 22.0 Å². The maximum atomic E-state index is 8.93. The summed E-state index contributed by atoms with van der Waals surface area (Å²) in [5.74, 6) is 0.717. The van der Waals surface area contributed by atoms with Crippen molar-refractivity contribution in [3.63, 3.8) is 0 Å². The summed E-state index contributed by atoms with van der Waals surface area (Å²) in [4.78, 5) is 3.10.